The molecule has 3 aromatic carbocycles. The van der Waals surface area contributed by atoms with Crippen LogP contribution in [0.15, 0.2) is 77.8 Å². The Morgan fingerprint density at radius 1 is 0.950 bits per heavy atom. The summed E-state index contributed by atoms with van der Waals surface area (Å²) in [4.78, 5) is 29.1. The van der Waals surface area contributed by atoms with Crippen LogP contribution in [0.3, 0.4) is 0 Å². The van der Waals surface area contributed by atoms with Gasteiger partial charge in [-0.3, -0.25) is 14.9 Å². The highest BCUT2D eigenvalue weighted by Gasteiger charge is 2.16. The van der Waals surface area contributed by atoms with Gasteiger partial charge in [0.1, 0.15) is 29.1 Å². The number of ketones is 1. The van der Waals surface area contributed by atoms with Gasteiger partial charge in [0.25, 0.3) is 5.91 Å². The maximum absolute atomic E-state index is 13.1. The molecule has 1 atom stereocenters. The third-order valence-corrected chi connectivity index (χ3v) is 7.31. The van der Waals surface area contributed by atoms with E-state index in [1.54, 1.807) is 37.3 Å². The summed E-state index contributed by atoms with van der Waals surface area (Å²) in [5.74, 6) is 0.763. The Hall–Kier alpha value is -4.26. The van der Waals surface area contributed by atoms with E-state index in [1.807, 2.05) is 0 Å². The molecular weight excluding hydrogens is 556 g/mol. The Labute approximate surface area is 235 Å². The van der Waals surface area contributed by atoms with Gasteiger partial charge in [-0.1, -0.05) is 23.5 Å². The number of aromatic nitrogens is 1. The molecule has 0 saturated heterocycles. The lowest BCUT2D eigenvalue weighted by molar-refractivity contribution is 0.101. The quantitative estimate of drug-likeness (QED) is 0.224. The van der Waals surface area contributed by atoms with Gasteiger partial charge in [0.15, 0.2) is 20.8 Å². The molecule has 1 aromatic heterocycles. The third kappa shape index (κ3) is 7.65. The average Bonchev–Trinajstić information content (AvgIpc) is 3.34. The summed E-state index contributed by atoms with van der Waals surface area (Å²) in [6, 6.07) is 17.1. The zero-order valence-corrected chi connectivity index (χ0v) is 23.4. The van der Waals surface area contributed by atoms with Crippen molar-refractivity contribution in [1.29, 1.82) is 0 Å². The molecule has 0 aliphatic heterocycles. The topological polar surface area (TPSA) is 141 Å². The maximum atomic E-state index is 13.1. The normalized spacial score (nSPS) is 11.9. The Morgan fingerprint density at radius 2 is 1.65 bits per heavy atom. The van der Waals surface area contributed by atoms with Crippen molar-refractivity contribution in [3.05, 3.63) is 84.1 Å². The van der Waals surface area contributed by atoms with Crippen molar-refractivity contribution >= 4 is 38.0 Å². The van der Waals surface area contributed by atoms with Crippen molar-refractivity contribution in [2.24, 2.45) is 0 Å². The van der Waals surface area contributed by atoms with Gasteiger partial charge in [0.2, 0.25) is 5.06 Å². The van der Waals surface area contributed by atoms with Crippen LogP contribution in [0.1, 0.15) is 34.6 Å². The molecule has 2 N–H and O–H groups in total. The van der Waals surface area contributed by atoms with Gasteiger partial charge in [0.05, 0.1) is 17.7 Å². The van der Waals surface area contributed by atoms with E-state index >= 15 is 0 Å². The zero-order chi connectivity index (χ0) is 28.9. The first-order valence-electron chi connectivity index (χ1n) is 12.0. The molecule has 0 unspecified atom stereocenters. The highest BCUT2D eigenvalue weighted by atomic mass is 32.2. The van der Waals surface area contributed by atoms with Crippen LogP contribution in [0.25, 0.3) is 0 Å². The molecule has 4 aromatic rings. The molecule has 0 spiro atoms. The van der Waals surface area contributed by atoms with E-state index in [0.29, 0.717) is 22.1 Å². The van der Waals surface area contributed by atoms with Crippen LogP contribution in [-0.2, 0) is 9.84 Å². The lowest BCUT2D eigenvalue weighted by Gasteiger charge is -2.15. The number of nitrogens with zero attached hydrogens (tertiary/aromatic N) is 1. The van der Waals surface area contributed by atoms with Gasteiger partial charge in [0, 0.05) is 23.4 Å². The molecule has 0 fully saturated rings. The van der Waals surface area contributed by atoms with E-state index < -0.39 is 21.8 Å². The SMILES string of the molecule is CC(=O)c1cccc(Oc2cnc(NC(=O)c3cc(Oc4ccc(S(C)(=O)=O)cc4)cc(O[C@@H](C)CO)c3)s2)c1. The van der Waals surface area contributed by atoms with Crippen LogP contribution in [0.4, 0.5) is 5.13 Å². The molecule has 40 heavy (non-hydrogen) atoms. The molecule has 4 rings (SSSR count). The van der Waals surface area contributed by atoms with Crippen LogP contribution in [0, 0.1) is 0 Å². The number of sulfone groups is 1. The van der Waals surface area contributed by atoms with Crippen molar-refractivity contribution < 1.29 is 37.3 Å². The number of Topliss-reactive ketones (excluding diaryl/α,β-unsaturated/α-hetero) is 1. The number of rotatable bonds is 11. The second-order valence-corrected chi connectivity index (χ2v) is 11.8. The molecule has 0 radical (unpaired) electrons. The number of hydrogen-bond acceptors (Lipinski definition) is 10. The Balaban J connectivity index is 1.52. The van der Waals surface area contributed by atoms with Crippen molar-refractivity contribution in [1.82, 2.24) is 4.98 Å². The van der Waals surface area contributed by atoms with Gasteiger partial charge in [-0.2, -0.15) is 0 Å². The van der Waals surface area contributed by atoms with Gasteiger partial charge >= 0.3 is 0 Å². The Kier molecular flexibility index (Phi) is 8.83. The molecule has 12 heteroatoms. The highest BCUT2D eigenvalue weighted by molar-refractivity contribution is 7.90. The number of benzene rings is 3. The molecule has 0 aliphatic rings. The molecule has 10 nitrogen and oxygen atoms in total. The summed E-state index contributed by atoms with van der Waals surface area (Å²) in [5.41, 5.74) is 0.703. The number of nitrogens with one attached hydrogen (secondary N) is 1. The molecule has 208 valence electrons. The molecule has 0 bridgehead atoms. The Bertz CT molecular complexity index is 1630. The number of ether oxygens (including phenoxy) is 3. The lowest BCUT2D eigenvalue weighted by atomic mass is 10.1. The second-order valence-electron chi connectivity index (χ2n) is 8.77. The van der Waals surface area contributed by atoms with Crippen molar-refractivity contribution in [2.45, 2.75) is 24.8 Å². The number of aliphatic hydroxyl groups excluding tert-OH is 1. The van der Waals surface area contributed by atoms with Crippen LogP contribution < -0.4 is 19.5 Å². The number of carbonyl (C=O) groups excluding carboxylic acids is 2. The minimum atomic E-state index is -3.36. The number of anilines is 1. The van der Waals surface area contributed by atoms with Gasteiger partial charge in [-0.05, 0) is 62.4 Å². The largest absolute Gasteiger partial charge is 0.488 e. The van der Waals surface area contributed by atoms with Crippen LogP contribution >= 0.6 is 11.3 Å². The molecule has 1 amide bonds. The first-order valence-corrected chi connectivity index (χ1v) is 14.7. The molecule has 0 aliphatic carbocycles. The highest BCUT2D eigenvalue weighted by Crippen LogP contribution is 2.32. The number of aliphatic hydroxyl groups is 1. The molecule has 1 heterocycles. The number of amides is 1. The Morgan fingerprint density at radius 3 is 2.33 bits per heavy atom. The smallest absolute Gasteiger partial charge is 0.257 e. The van der Waals surface area contributed by atoms with E-state index in [4.69, 9.17) is 14.2 Å². The van der Waals surface area contributed by atoms with Crippen LogP contribution in [0.5, 0.6) is 28.1 Å². The predicted molar refractivity (Wildman–Crippen MR) is 150 cm³/mol. The first kappa shape index (κ1) is 28.7. The van der Waals surface area contributed by atoms with E-state index in [-0.39, 0.29) is 39.5 Å². The lowest BCUT2D eigenvalue weighted by Crippen LogP contribution is -2.17. The van der Waals surface area contributed by atoms with Crippen molar-refractivity contribution in [2.75, 3.05) is 18.2 Å². The van der Waals surface area contributed by atoms with Crippen molar-refractivity contribution in [3.63, 3.8) is 0 Å². The summed E-state index contributed by atoms with van der Waals surface area (Å²) < 4.78 is 40.8. The monoisotopic (exact) mass is 582 g/mol. The zero-order valence-electron chi connectivity index (χ0n) is 21.8. The predicted octanol–water partition coefficient (Wildman–Crippen LogP) is 5.35. The maximum Gasteiger partial charge on any atom is 0.257 e. The first-order chi connectivity index (χ1) is 19.0. The fourth-order valence-electron chi connectivity index (χ4n) is 3.42. The number of hydrogen-bond donors (Lipinski definition) is 2. The third-order valence-electron chi connectivity index (χ3n) is 5.39. The van der Waals surface area contributed by atoms with E-state index in [2.05, 4.69) is 10.3 Å². The summed E-state index contributed by atoms with van der Waals surface area (Å²) in [6.45, 7) is 2.90. The average molecular weight is 583 g/mol. The minimum absolute atomic E-state index is 0.0865. The van der Waals surface area contributed by atoms with E-state index in [0.717, 1.165) is 17.6 Å². The fourth-order valence-corrected chi connectivity index (χ4v) is 4.73. The number of carbonyl (C=O) groups is 2. The summed E-state index contributed by atoms with van der Waals surface area (Å²) >= 11 is 1.10. The molecule has 0 saturated carbocycles. The molecular formula is C28H26N2O8S2. The second kappa shape index (κ2) is 12.3. The minimum Gasteiger partial charge on any atom is -0.488 e. The summed E-state index contributed by atoms with van der Waals surface area (Å²) in [6.07, 6.45) is 2.03. The standard InChI is InChI=1S/C28H26N2O8S2/c1-17(16-31)36-23-12-20(13-24(14-23)37-21-7-9-25(10-8-21)40(3,34)35)27(33)30-28-29-15-26(39-28)38-22-6-4-5-19(11-22)18(2)32/h4-15,17,31H,16H2,1-3H3,(H,29,30,33)/t17-/m0/s1. The summed E-state index contributed by atoms with van der Waals surface area (Å²) in [7, 11) is -3.36. The van der Waals surface area contributed by atoms with Gasteiger partial charge < -0.3 is 19.3 Å². The van der Waals surface area contributed by atoms with Crippen LogP contribution in [-0.4, -0.2) is 49.2 Å². The van der Waals surface area contributed by atoms with Gasteiger partial charge in [-0.15, -0.1) is 0 Å². The number of thiazole rings is 1. The summed E-state index contributed by atoms with van der Waals surface area (Å²) in [5, 5.41) is 12.8. The van der Waals surface area contributed by atoms with Crippen LogP contribution in [0.2, 0.25) is 0 Å². The van der Waals surface area contributed by atoms with Crippen molar-refractivity contribution in [3.8, 4) is 28.1 Å². The fraction of sp³-hybridized carbons (Fsp3) is 0.179. The van der Waals surface area contributed by atoms with Gasteiger partial charge in [-0.25, -0.2) is 13.4 Å². The van der Waals surface area contributed by atoms with E-state index in [1.165, 1.54) is 49.5 Å². The van der Waals surface area contributed by atoms with E-state index in [9.17, 15) is 23.1 Å².